The van der Waals surface area contributed by atoms with Gasteiger partial charge in [-0.3, -0.25) is 5.32 Å². The van der Waals surface area contributed by atoms with E-state index in [-0.39, 0.29) is 5.41 Å². The number of carbonyl (C=O) groups is 1. The molecule has 0 atom stereocenters. The summed E-state index contributed by atoms with van der Waals surface area (Å²) < 4.78 is 6.04. The van der Waals surface area contributed by atoms with E-state index in [1.807, 2.05) is 24.3 Å². The molecule has 7 heteroatoms. The maximum Gasteiger partial charge on any atom is 0.325 e. The second kappa shape index (κ2) is 7.53. The van der Waals surface area contributed by atoms with Crippen LogP contribution in [0, 0.1) is 0 Å². The number of rotatable bonds is 4. The van der Waals surface area contributed by atoms with Crippen LogP contribution < -0.4 is 15.4 Å². The molecule has 6 nitrogen and oxygen atoms in total. The third-order valence-corrected chi connectivity index (χ3v) is 4.26. The maximum absolute atomic E-state index is 12.2. The molecule has 0 radical (unpaired) electrons. The van der Waals surface area contributed by atoms with E-state index in [1.165, 1.54) is 11.3 Å². The highest BCUT2D eigenvalue weighted by Gasteiger charge is 2.20. The second-order valence-corrected chi connectivity index (χ2v) is 7.52. The Morgan fingerprint density at radius 2 is 1.85 bits per heavy atom. The van der Waals surface area contributed by atoms with E-state index in [4.69, 9.17) is 4.74 Å². The minimum atomic E-state index is -0.401. The van der Waals surface area contributed by atoms with Gasteiger partial charge in [-0.2, -0.15) is 0 Å². The fourth-order valence-electron chi connectivity index (χ4n) is 2.38. The first kappa shape index (κ1) is 17.9. The molecule has 3 rings (SSSR count). The summed E-state index contributed by atoms with van der Waals surface area (Å²) in [5.74, 6) is 1.04. The Kier molecular flexibility index (Phi) is 5.18. The average molecular weight is 368 g/mol. The van der Waals surface area contributed by atoms with Crippen molar-refractivity contribution in [1.29, 1.82) is 0 Å². The zero-order chi connectivity index (χ0) is 18.6. The summed E-state index contributed by atoms with van der Waals surface area (Å²) in [7, 11) is 0. The van der Waals surface area contributed by atoms with Gasteiger partial charge >= 0.3 is 6.03 Å². The number of benzene rings is 1. The van der Waals surface area contributed by atoms with Gasteiger partial charge in [-0.15, -0.1) is 11.3 Å². The summed E-state index contributed by atoms with van der Waals surface area (Å²) in [6.07, 6.45) is 3.25. The Bertz CT molecular complexity index is 889. The number of aromatic nitrogens is 2. The number of pyridine rings is 1. The molecule has 0 fully saturated rings. The second-order valence-electron chi connectivity index (χ2n) is 6.62. The van der Waals surface area contributed by atoms with E-state index in [2.05, 4.69) is 41.4 Å². The molecular weight excluding hydrogens is 348 g/mol. The predicted molar refractivity (Wildman–Crippen MR) is 104 cm³/mol. The number of nitrogens with one attached hydrogen (secondary N) is 2. The van der Waals surface area contributed by atoms with Crippen LogP contribution >= 0.6 is 11.3 Å². The van der Waals surface area contributed by atoms with Crippen molar-refractivity contribution in [2.24, 2.45) is 0 Å². The highest BCUT2D eigenvalue weighted by atomic mass is 32.1. The molecule has 26 heavy (non-hydrogen) atoms. The predicted octanol–water partition coefficient (Wildman–Crippen LogP) is 5.27. The van der Waals surface area contributed by atoms with Gasteiger partial charge in [0.2, 0.25) is 5.88 Å². The van der Waals surface area contributed by atoms with Crippen LogP contribution in [0.5, 0.6) is 11.6 Å². The minimum absolute atomic E-state index is 0.0822. The Morgan fingerprint density at radius 1 is 1.04 bits per heavy atom. The maximum atomic E-state index is 12.2. The number of anilines is 2. The first-order valence-electron chi connectivity index (χ1n) is 8.13. The molecule has 1 aromatic carbocycles. The molecule has 134 valence electrons. The summed E-state index contributed by atoms with van der Waals surface area (Å²) in [6, 6.07) is 10.9. The SMILES string of the molecule is CC(C)(C)c1ccccc1Oc1ncccc1NC(=O)Nc1nccs1. The number of ether oxygens (including phenoxy) is 1. The van der Waals surface area contributed by atoms with Gasteiger partial charge in [-0.25, -0.2) is 14.8 Å². The number of para-hydroxylation sites is 1. The molecule has 0 aliphatic rings. The highest BCUT2D eigenvalue weighted by molar-refractivity contribution is 7.13. The van der Waals surface area contributed by atoms with Crippen LogP contribution in [0.4, 0.5) is 15.6 Å². The van der Waals surface area contributed by atoms with Crippen LogP contribution in [0.25, 0.3) is 0 Å². The van der Waals surface area contributed by atoms with Crippen LogP contribution in [-0.4, -0.2) is 16.0 Å². The molecule has 0 saturated carbocycles. The summed E-state index contributed by atoms with van der Waals surface area (Å²) >= 11 is 1.34. The molecule has 0 bridgehead atoms. The normalized spacial score (nSPS) is 11.0. The van der Waals surface area contributed by atoms with Crippen molar-refractivity contribution in [1.82, 2.24) is 9.97 Å². The number of urea groups is 1. The van der Waals surface area contributed by atoms with Gasteiger partial charge in [0.1, 0.15) is 11.4 Å². The quantitative estimate of drug-likeness (QED) is 0.657. The van der Waals surface area contributed by atoms with Crippen molar-refractivity contribution < 1.29 is 9.53 Å². The molecule has 0 unspecified atom stereocenters. The lowest BCUT2D eigenvalue weighted by molar-refractivity contribution is 0.262. The molecular formula is C19H20N4O2S. The van der Waals surface area contributed by atoms with Gasteiger partial charge in [0.25, 0.3) is 0 Å². The topological polar surface area (TPSA) is 76.1 Å². The van der Waals surface area contributed by atoms with Crippen molar-refractivity contribution in [3.8, 4) is 11.6 Å². The first-order valence-corrected chi connectivity index (χ1v) is 9.01. The molecule has 0 aliphatic heterocycles. The number of thiazole rings is 1. The number of carbonyl (C=O) groups excluding carboxylic acids is 1. The molecule has 2 N–H and O–H groups in total. The van der Waals surface area contributed by atoms with Gasteiger partial charge in [-0.05, 0) is 23.6 Å². The van der Waals surface area contributed by atoms with Crippen molar-refractivity contribution >= 4 is 28.2 Å². The Hall–Kier alpha value is -2.93. The fourth-order valence-corrected chi connectivity index (χ4v) is 2.91. The Balaban J connectivity index is 1.81. The third kappa shape index (κ3) is 4.37. The van der Waals surface area contributed by atoms with Gasteiger partial charge in [0.15, 0.2) is 5.13 Å². The highest BCUT2D eigenvalue weighted by Crippen LogP contribution is 2.35. The number of hydrogen-bond donors (Lipinski definition) is 2. The zero-order valence-electron chi connectivity index (χ0n) is 14.8. The molecule has 2 amide bonds. The van der Waals surface area contributed by atoms with Crippen molar-refractivity contribution in [2.45, 2.75) is 26.2 Å². The van der Waals surface area contributed by atoms with E-state index in [9.17, 15) is 4.79 Å². The lowest BCUT2D eigenvalue weighted by Gasteiger charge is -2.22. The summed E-state index contributed by atoms with van der Waals surface area (Å²) in [5, 5.41) is 7.74. The lowest BCUT2D eigenvalue weighted by Crippen LogP contribution is -2.20. The van der Waals surface area contributed by atoms with Gasteiger partial charge < -0.3 is 10.1 Å². The number of amides is 2. The van der Waals surface area contributed by atoms with E-state index in [1.54, 1.807) is 29.9 Å². The van der Waals surface area contributed by atoms with Crippen molar-refractivity contribution in [2.75, 3.05) is 10.6 Å². The van der Waals surface area contributed by atoms with Gasteiger partial charge in [0.05, 0.1) is 0 Å². The van der Waals surface area contributed by atoms with E-state index in [0.717, 1.165) is 5.56 Å². The third-order valence-electron chi connectivity index (χ3n) is 3.57. The largest absolute Gasteiger partial charge is 0.437 e. The lowest BCUT2D eigenvalue weighted by atomic mass is 9.86. The van der Waals surface area contributed by atoms with Crippen LogP contribution in [0.3, 0.4) is 0 Å². The van der Waals surface area contributed by atoms with Gasteiger partial charge in [0, 0.05) is 23.3 Å². The summed E-state index contributed by atoms with van der Waals surface area (Å²) in [4.78, 5) is 20.5. The van der Waals surface area contributed by atoms with E-state index in [0.29, 0.717) is 22.4 Å². The molecule has 0 saturated heterocycles. The summed E-state index contributed by atoms with van der Waals surface area (Å²) in [5.41, 5.74) is 1.45. The Labute approximate surface area is 156 Å². The molecule has 0 spiro atoms. The zero-order valence-corrected chi connectivity index (χ0v) is 15.6. The molecule has 2 heterocycles. The average Bonchev–Trinajstić information content (AvgIpc) is 3.09. The monoisotopic (exact) mass is 368 g/mol. The molecule has 2 aromatic heterocycles. The molecule has 3 aromatic rings. The van der Waals surface area contributed by atoms with Crippen LogP contribution in [0.15, 0.2) is 54.2 Å². The fraction of sp³-hybridized carbons (Fsp3) is 0.211. The van der Waals surface area contributed by atoms with Crippen molar-refractivity contribution in [3.05, 3.63) is 59.7 Å². The van der Waals surface area contributed by atoms with Crippen LogP contribution in [0.2, 0.25) is 0 Å². The van der Waals surface area contributed by atoms with Gasteiger partial charge in [-0.1, -0.05) is 39.0 Å². The first-order chi connectivity index (χ1) is 12.4. The van der Waals surface area contributed by atoms with Crippen LogP contribution in [-0.2, 0) is 5.41 Å². The Morgan fingerprint density at radius 3 is 2.58 bits per heavy atom. The van der Waals surface area contributed by atoms with Crippen molar-refractivity contribution in [3.63, 3.8) is 0 Å². The standard InChI is InChI=1S/C19H20N4O2S/c1-19(2,3)13-7-4-5-9-15(13)25-16-14(8-6-10-20-16)22-17(24)23-18-21-11-12-26-18/h4-12H,1-3H3,(H2,21,22,23,24). The summed E-state index contributed by atoms with van der Waals surface area (Å²) in [6.45, 7) is 6.36. The van der Waals surface area contributed by atoms with E-state index < -0.39 is 6.03 Å². The number of nitrogens with zero attached hydrogens (tertiary/aromatic N) is 2. The van der Waals surface area contributed by atoms with Crippen LogP contribution in [0.1, 0.15) is 26.3 Å². The minimum Gasteiger partial charge on any atom is -0.437 e. The van der Waals surface area contributed by atoms with E-state index >= 15 is 0 Å². The smallest absolute Gasteiger partial charge is 0.325 e. The molecule has 0 aliphatic carbocycles. The number of hydrogen-bond acceptors (Lipinski definition) is 5.